The number of halogens is 1. The molecule has 0 atom stereocenters. The third-order valence-electron chi connectivity index (χ3n) is 4.82. The molecule has 32 heavy (non-hydrogen) atoms. The number of nitrogens with one attached hydrogen (secondary N) is 2. The molecule has 3 aromatic carbocycles. The molecule has 0 unspecified atom stereocenters. The van der Waals surface area contributed by atoms with Gasteiger partial charge < -0.3 is 5.32 Å². The molecule has 0 aliphatic carbocycles. The van der Waals surface area contributed by atoms with E-state index >= 15 is 0 Å². The lowest BCUT2D eigenvalue weighted by molar-refractivity contribution is 0.601. The summed E-state index contributed by atoms with van der Waals surface area (Å²) in [6.45, 7) is 0. The summed E-state index contributed by atoms with van der Waals surface area (Å²) in [6, 6.07) is 23.1. The van der Waals surface area contributed by atoms with E-state index in [2.05, 4.69) is 40.9 Å². The lowest BCUT2D eigenvalue weighted by Crippen LogP contribution is -2.16. The minimum Gasteiger partial charge on any atom is -0.337 e. The van der Waals surface area contributed by atoms with Crippen LogP contribution in [0, 0.1) is 0 Å². The molecule has 0 bridgehead atoms. The van der Waals surface area contributed by atoms with Gasteiger partial charge in [-0.1, -0.05) is 34.1 Å². The number of nitrogens with zero attached hydrogens (tertiary/aromatic N) is 3. The highest BCUT2D eigenvalue weighted by molar-refractivity contribution is 9.10. The smallest absolute Gasteiger partial charge is 0.263 e. The lowest BCUT2D eigenvalue weighted by Gasteiger charge is -2.15. The van der Waals surface area contributed by atoms with Crippen LogP contribution in [0.25, 0.3) is 21.9 Å². The Hall–Kier alpha value is -3.56. The number of rotatable bonds is 5. The fourth-order valence-corrected chi connectivity index (χ4v) is 4.57. The van der Waals surface area contributed by atoms with Gasteiger partial charge in [0.1, 0.15) is 0 Å². The number of benzene rings is 3. The molecule has 7 nitrogen and oxygen atoms in total. The molecule has 158 valence electrons. The molecule has 0 amide bonds. The molecule has 0 aliphatic rings. The largest absolute Gasteiger partial charge is 0.337 e. The monoisotopic (exact) mass is 505 g/mol. The van der Waals surface area contributed by atoms with Crippen LogP contribution >= 0.6 is 15.9 Å². The average molecular weight is 506 g/mol. The molecule has 5 aromatic rings. The Morgan fingerprint density at radius 1 is 0.719 bits per heavy atom. The maximum atomic E-state index is 13.0. The molecule has 0 saturated carbocycles. The first-order chi connectivity index (χ1) is 15.5. The standard InChI is InChI=1S/C23H16BrN5O2S/c24-15-10-12-16(13-11-15)32(30,31)29-23-22(27-20-6-1-2-7-21(20)28-23)26-19-9-3-8-18-17(19)5-4-14-25-18/h1-14H,(H,26,27)(H,28,29). The number of hydrogen-bond donors (Lipinski definition) is 2. The first-order valence-electron chi connectivity index (χ1n) is 9.65. The zero-order valence-corrected chi connectivity index (χ0v) is 18.9. The Morgan fingerprint density at radius 3 is 2.16 bits per heavy atom. The number of fused-ring (bicyclic) bond motifs is 2. The van der Waals surface area contributed by atoms with E-state index in [9.17, 15) is 8.42 Å². The van der Waals surface area contributed by atoms with Crippen molar-refractivity contribution < 1.29 is 8.42 Å². The van der Waals surface area contributed by atoms with E-state index < -0.39 is 10.0 Å². The van der Waals surface area contributed by atoms with Gasteiger partial charge in [-0.05, 0) is 60.7 Å². The Morgan fingerprint density at radius 2 is 1.41 bits per heavy atom. The van der Waals surface area contributed by atoms with Gasteiger partial charge in [0.2, 0.25) is 0 Å². The molecule has 2 heterocycles. The van der Waals surface area contributed by atoms with Crippen LogP contribution in [-0.2, 0) is 10.0 Å². The maximum absolute atomic E-state index is 13.0. The zero-order chi connectivity index (χ0) is 22.1. The van der Waals surface area contributed by atoms with E-state index in [-0.39, 0.29) is 10.7 Å². The van der Waals surface area contributed by atoms with E-state index in [4.69, 9.17) is 0 Å². The molecule has 0 aliphatic heterocycles. The summed E-state index contributed by atoms with van der Waals surface area (Å²) >= 11 is 3.32. The Labute approximate surface area is 192 Å². The van der Waals surface area contributed by atoms with Crippen LogP contribution in [0.5, 0.6) is 0 Å². The summed E-state index contributed by atoms with van der Waals surface area (Å²) < 4.78 is 29.4. The highest BCUT2D eigenvalue weighted by Crippen LogP contribution is 2.30. The SMILES string of the molecule is O=S(=O)(Nc1nc2ccccc2nc1Nc1cccc2ncccc12)c1ccc(Br)cc1. The van der Waals surface area contributed by atoms with Gasteiger partial charge >= 0.3 is 0 Å². The quantitative estimate of drug-likeness (QED) is 0.328. The first kappa shape index (κ1) is 20.3. The number of hydrogen-bond acceptors (Lipinski definition) is 6. The van der Waals surface area contributed by atoms with Crippen LogP contribution in [0.2, 0.25) is 0 Å². The summed E-state index contributed by atoms with van der Waals surface area (Å²) in [5, 5.41) is 4.12. The molecule has 0 saturated heterocycles. The summed E-state index contributed by atoms with van der Waals surface area (Å²) in [5.74, 6) is 0.397. The van der Waals surface area contributed by atoms with Gasteiger partial charge in [0, 0.05) is 21.7 Å². The lowest BCUT2D eigenvalue weighted by atomic mass is 10.2. The Kier molecular flexibility index (Phi) is 5.20. The Bertz CT molecular complexity index is 1550. The predicted octanol–water partition coefficient (Wildman–Crippen LogP) is 5.48. The molecule has 5 rings (SSSR count). The van der Waals surface area contributed by atoms with Gasteiger partial charge in [-0.2, -0.15) is 0 Å². The fraction of sp³-hybridized carbons (Fsp3) is 0. The van der Waals surface area contributed by atoms with Crippen LogP contribution < -0.4 is 10.0 Å². The van der Waals surface area contributed by atoms with Crippen molar-refractivity contribution in [3.63, 3.8) is 0 Å². The highest BCUT2D eigenvalue weighted by Gasteiger charge is 2.19. The summed E-state index contributed by atoms with van der Waals surface area (Å²) in [5.41, 5.74) is 2.76. The van der Waals surface area contributed by atoms with Crippen molar-refractivity contribution >= 4 is 65.2 Å². The molecular weight excluding hydrogens is 490 g/mol. The molecule has 2 aromatic heterocycles. The minimum absolute atomic E-state index is 0.104. The molecule has 0 fully saturated rings. The number of anilines is 3. The van der Waals surface area contributed by atoms with Crippen molar-refractivity contribution in [1.82, 2.24) is 15.0 Å². The van der Waals surface area contributed by atoms with Crippen molar-refractivity contribution in [3.05, 3.63) is 89.5 Å². The maximum Gasteiger partial charge on any atom is 0.263 e. The summed E-state index contributed by atoms with van der Waals surface area (Å²) in [7, 11) is -3.88. The van der Waals surface area contributed by atoms with Crippen LogP contribution in [0.1, 0.15) is 0 Å². The molecule has 9 heteroatoms. The van der Waals surface area contributed by atoms with E-state index in [0.29, 0.717) is 16.9 Å². The van der Waals surface area contributed by atoms with Crippen molar-refractivity contribution in [1.29, 1.82) is 0 Å². The molecular formula is C23H16BrN5O2S. The van der Waals surface area contributed by atoms with E-state index in [1.807, 2.05) is 48.5 Å². The van der Waals surface area contributed by atoms with Gasteiger partial charge in [-0.25, -0.2) is 18.4 Å². The van der Waals surface area contributed by atoms with Crippen molar-refractivity contribution in [2.75, 3.05) is 10.0 Å². The molecule has 0 radical (unpaired) electrons. The molecule has 0 spiro atoms. The summed E-state index contributed by atoms with van der Waals surface area (Å²) in [4.78, 5) is 13.7. The van der Waals surface area contributed by atoms with Gasteiger partial charge in [-0.3, -0.25) is 9.71 Å². The third-order valence-corrected chi connectivity index (χ3v) is 6.71. The number of aromatic nitrogens is 3. The van der Waals surface area contributed by atoms with Crippen LogP contribution in [0.15, 0.2) is 94.4 Å². The second kappa shape index (κ2) is 8.18. The number of para-hydroxylation sites is 2. The van der Waals surface area contributed by atoms with E-state index in [0.717, 1.165) is 21.1 Å². The van der Waals surface area contributed by atoms with E-state index in [1.54, 1.807) is 24.4 Å². The minimum atomic E-state index is -3.88. The average Bonchev–Trinajstić information content (AvgIpc) is 2.80. The zero-order valence-electron chi connectivity index (χ0n) is 16.5. The summed E-state index contributed by atoms with van der Waals surface area (Å²) in [6.07, 6.45) is 1.72. The van der Waals surface area contributed by atoms with Gasteiger partial charge in [0.05, 0.1) is 21.4 Å². The topological polar surface area (TPSA) is 96.9 Å². The predicted molar refractivity (Wildman–Crippen MR) is 130 cm³/mol. The second-order valence-corrected chi connectivity index (χ2v) is 9.57. The van der Waals surface area contributed by atoms with Gasteiger partial charge in [0.15, 0.2) is 11.6 Å². The van der Waals surface area contributed by atoms with Crippen molar-refractivity contribution in [2.45, 2.75) is 4.90 Å². The van der Waals surface area contributed by atoms with E-state index in [1.165, 1.54) is 12.1 Å². The van der Waals surface area contributed by atoms with Gasteiger partial charge in [0.25, 0.3) is 10.0 Å². The third kappa shape index (κ3) is 4.00. The number of sulfonamides is 1. The first-order valence-corrected chi connectivity index (χ1v) is 11.9. The fourth-order valence-electron chi connectivity index (χ4n) is 3.30. The van der Waals surface area contributed by atoms with Gasteiger partial charge in [-0.15, -0.1) is 0 Å². The van der Waals surface area contributed by atoms with Crippen LogP contribution in [0.3, 0.4) is 0 Å². The molecule has 2 N–H and O–H groups in total. The van der Waals surface area contributed by atoms with Crippen LogP contribution in [-0.4, -0.2) is 23.4 Å². The highest BCUT2D eigenvalue weighted by atomic mass is 79.9. The Balaban J connectivity index is 1.61. The number of pyridine rings is 1. The van der Waals surface area contributed by atoms with Crippen molar-refractivity contribution in [2.24, 2.45) is 0 Å². The van der Waals surface area contributed by atoms with Crippen molar-refractivity contribution in [3.8, 4) is 0 Å². The second-order valence-electron chi connectivity index (χ2n) is 6.97. The normalized spacial score (nSPS) is 11.5. The van der Waals surface area contributed by atoms with Crippen LogP contribution in [0.4, 0.5) is 17.3 Å².